The van der Waals surface area contributed by atoms with E-state index in [4.69, 9.17) is 0 Å². The van der Waals surface area contributed by atoms with Crippen molar-refractivity contribution >= 4 is 17.4 Å². The fraction of sp³-hybridized carbons (Fsp3) is 0.667. The second kappa shape index (κ2) is 8.97. The number of nitrogens with one attached hydrogen (secondary N) is 2. The topological polar surface area (TPSA) is 61.4 Å². The van der Waals surface area contributed by atoms with Gasteiger partial charge in [0.05, 0.1) is 6.10 Å². The quantitative estimate of drug-likeness (QED) is 0.691. The molecule has 1 heterocycles. The van der Waals surface area contributed by atoms with Crippen molar-refractivity contribution in [3.8, 4) is 0 Å². The standard InChI is InChI=1S/C15H26N2O2S/c1-11(2)7-13(18)10-17-15(19)16-9-12(3)8-14-5-4-6-20-14/h4-6,11-13,18H,7-10H2,1-3H3,(H2,16,17,19). The highest BCUT2D eigenvalue weighted by Gasteiger charge is 2.10. The summed E-state index contributed by atoms with van der Waals surface area (Å²) in [4.78, 5) is 12.9. The van der Waals surface area contributed by atoms with Crippen molar-refractivity contribution < 1.29 is 9.90 Å². The lowest BCUT2D eigenvalue weighted by molar-refractivity contribution is 0.146. The van der Waals surface area contributed by atoms with Crippen LogP contribution in [-0.2, 0) is 6.42 Å². The third-order valence-electron chi connectivity index (χ3n) is 2.98. The molecular weight excluding hydrogens is 272 g/mol. The van der Waals surface area contributed by atoms with Crippen LogP contribution in [0.15, 0.2) is 17.5 Å². The van der Waals surface area contributed by atoms with Crippen LogP contribution in [0.3, 0.4) is 0 Å². The van der Waals surface area contributed by atoms with Gasteiger partial charge in [-0.05, 0) is 36.1 Å². The molecule has 2 amide bonds. The summed E-state index contributed by atoms with van der Waals surface area (Å²) >= 11 is 1.74. The summed E-state index contributed by atoms with van der Waals surface area (Å²) in [5.41, 5.74) is 0. The molecule has 1 aromatic heterocycles. The molecule has 20 heavy (non-hydrogen) atoms. The van der Waals surface area contributed by atoms with Gasteiger partial charge in [0, 0.05) is 18.0 Å². The SMILES string of the molecule is CC(C)CC(O)CNC(=O)NCC(C)Cc1cccs1. The Morgan fingerprint density at radius 2 is 2.00 bits per heavy atom. The van der Waals surface area contributed by atoms with E-state index in [1.807, 2.05) is 6.07 Å². The lowest BCUT2D eigenvalue weighted by Crippen LogP contribution is -2.41. The molecule has 0 radical (unpaired) electrons. The molecule has 0 aliphatic heterocycles. The van der Waals surface area contributed by atoms with Crippen LogP contribution >= 0.6 is 11.3 Å². The molecule has 0 saturated carbocycles. The first-order valence-corrected chi connectivity index (χ1v) is 8.07. The van der Waals surface area contributed by atoms with Crippen molar-refractivity contribution in [1.82, 2.24) is 10.6 Å². The van der Waals surface area contributed by atoms with E-state index >= 15 is 0 Å². The Morgan fingerprint density at radius 1 is 1.30 bits per heavy atom. The molecule has 4 nitrogen and oxygen atoms in total. The fourth-order valence-corrected chi connectivity index (χ4v) is 2.88. The molecule has 0 bridgehead atoms. The number of amides is 2. The molecule has 0 saturated heterocycles. The first-order chi connectivity index (χ1) is 9.47. The number of hydrogen-bond acceptors (Lipinski definition) is 3. The molecule has 1 aromatic rings. The van der Waals surface area contributed by atoms with Gasteiger partial charge in [-0.3, -0.25) is 0 Å². The predicted octanol–water partition coefficient (Wildman–Crippen LogP) is 2.63. The second-order valence-electron chi connectivity index (χ2n) is 5.76. The van der Waals surface area contributed by atoms with E-state index in [1.165, 1.54) is 4.88 Å². The van der Waals surface area contributed by atoms with E-state index < -0.39 is 6.10 Å². The minimum Gasteiger partial charge on any atom is -0.391 e. The highest BCUT2D eigenvalue weighted by molar-refractivity contribution is 7.09. The minimum atomic E-state index is -0.468. The normalized spacial score (nSPS) is 14.1. The van der Waals surface area contributed by atoms with Crippen molar-refractivity contribution in [3.63, 3.8) is 0 Å². The van der Waals surface area contributed by atoms with E-state index in [1.54, 1.807) is 11.3 Å². The smallest absolute Gasteiger partial charge is 0.314 e. The number of aliphatic hydroxyl groups excluding tert-OH is 1. The Kier molecular flexibility index (Phi) is 7.62. The number of urea groups is 1. The van der Waals surface area contributed by atoms with Crippen molar-refractivity contribution in [2.45, 2.75) is 39.7 Å². The molecule has 2 atom stereocenters. The van der Waals surface area contributed by atoms with Gasteiger partial charge in [0.2, 0.25) is 0 Å². The molecule has 3 N–H and O–H groups in total. The van der Waals surface area contributed by atoms with Gasteiger partial charge in [0.15, 0.2) is 0 Å². The summed E-state index contributed by atoms with van der Waals surface area (Å²) in [6, 6.07) is 3.96. The van der Waals surface area contributed by atoms with Gasteiger partial charge >= 0.3 is 6.03 Å². The van der Waals surface area contributed by atoms with Crippen LogP contribution in [0.2, 0.25) is 0 Å². The highest BCUT2D eigenvalue weighted by Crippen LogP contribution is 2.13. The van der Waals surface area contributed by atoms with E-state index in [0.29, 0.717) is 31.3 Å². The van der Waals surface area contributed by atoms with E-state index in [2.05, 4.69) is 42.9 Å². The van der Waals surface area contributed by atoms with Crippen molar-refractivity contribution in [2.75, 3.05) is 13.1 Å². The number of thiophene rings is 1. The van der Waals surface area contributed by atoms with E-state index in [-0.39, 0.29) is 6.03 Å². The third kappa shape index (κ3) is 7.50. The molecule has 2 unspecified atom stereocenters. The van der Waals surface area contributed by atoms with Crippen molar-refractivity contribution in [1.29, 1.82) is 0 Å². The summed E-state index contributed by atoms with van der Waals surface area (Å²) in [6.07, 6.45) is 1.22. The zero-order valence-electron chi connectivity index (χ0n) is 12.6. The van der Waals surface area contributed by atoms with Gasteiger partial charge < -0.3 is 15.7 Å². The number of carbonyl (C=O) groups excluding carboxylic acids is 1. The maximum atomic E-state index is 11.6. The van der Waals surface area contributed by atoms with Gasteiger partial charge in [-0.15, -0.1) is 11.3 Å². The monoisotopic (exact) mass is 298 g/mol. The molecule has 0 aliphatic rings. The molecule has 1 rings (SSSR count). The lowest BCUT2D eigenvalue weighted by atomic mass is 10.1. The number of hydrogen-bond donors (Lipinski definition) is 3. The summed E-state index contributed by atoms with van der Waals surface area (Å²) in [6.45, 7) is 7.17. The Bertz CT molecular complexity index is 379. The summed E-state index contributed by atoms with van der Waals surface area (Å²) in [5.74, 6) is 0.834. The van der Waals surface area contributed by atoms with Gasteiger partial charge in [-0.1, -0.05) is 26.8 Å². The molecule has 0 aromatic carbocycles. The average molecular weight is 298 g/mol. The van der Waals surface area contributed by atoms with E-state index in [9.17, 15) is 9.90 Å². The van der Waals surface area contributed by atoms with Gasteiger partial charge in [-0.2, -0.15) is 0 Å². The maximum absolute atomic E-state index is 11.6. The molecule has 0 spiro atoms. The van der Waals surface area contributed by atoms with Crippen LogP contribution in [0.4, 0.5) is 4.79 Å². The van der Waals surface area contributed by atoms with Crippen LogP contribution in [-0.4, -0.2) is 30.3 Å². The van der Waals surface area contributed by atoms with Crippen LogP contribution < -0.4 is 10.6 Å². The Hall–Kier alpha value is -1.07. The summed E-state index contributed by atoms with van der Waals surface area (Å²) < 4.78 is 0. The van der Waals surface area contributed by atoms with E-state index in [0.717, 1.165) is 6.42 Å². The van der Waals surface area contributed by atoms with Crippen LogP contribution in [0.1, 0.15) is 32.1 Å². The Balaban J connectivity index is 2.13. The van der Waals surface area contributed by atoms with Crippen molar-refractivity contribution in [2.24, 2.45) is 11.8 Å². The van der Waals surface area contributed by atoms with Gasteiger partial charge in [-0.25, -0.2) is 4.79 Å². The van der Waals surface area contributed by atoms with Crippen LogP contribution in [0.5, 0.6) is 0 Å². The van der Waals surface area contributed by atoms with Crippen LogP contribution in [0, 0.1) is 11.8 Å². The number of aliphatic hydroxyl groups is 1. The van der Waals surface area contributed by atoms with Crippen LogP contribution in [0.25, 0.3) is 0 Å². The Morgan fingerprint density at radius 3 is 2.60 bits per heavy atom. The minimum absolute atomic E-state index is 0.203. The Labute approximate surface area is 125 Å². The van der Waals surface area contributed by atoms with Gasteiger partial charge in [0.25, 0.3) is 0 Å². The zero-order chi connectivity index (χ0) is 15.0. The maximum Gasteiger partial charge on any atom is 0.314 e. The molecular formula is C15H26N2O2S. The highest BCUT2D eigenvalue weighted by atomic mass is 32.1. The lowest BCUT2D eigenvalue weighted by Gasteiger charge is -2.15. The zero-order valence-corrected chi connectivity index (χ0v) is 13.4. The molecule has 114 valence electrons. The average Bonchev–Trinajstić information content (AvgIpc) is 2.86. The molecule has 0 fully saturated rings. The third-order valence-corrected chi connectivity index (χ3v) is 3.88. The predicted molar refractivity (Wildman–Crippen MR) is 84.1 cm³/mol. The first kappa shape index (κ1) is 17.0. The van der Waals surface area contributed by atoms with Gasteiger partial charge in [0.1, 0.15) is 0 Å². The fourth-order valence-electron chi connectivity index (χ4n) is 2.01. The van der Waals surface area contributed by atoms with Crippen molar-refractivity contribution in [3.05, 3.63) is 22.4 Å². The molecule has 0 aliphatic carbocycles. The largest absolute Gasteiger partial charge is 0.391 e. The summed E-state index contributed by atoms with van der Waals surface area (Å²) in [7, 11) is 0. The first-order valence-electron chi connectivity index (χ1n) is 7.19. The summed E-state index contributed by atoms with van der Waals surface area (Å²) in [5, 5.41) is 17.3. The number of carbonyl (C=O) groups is 1. The molecule has 5 heteroatoms. The number of rotatable bonds is 8. The second-order valence-corrected chi connectivity index (χ2v) is 6.80.